The number of aryl methyl sites for hydroxylation is 1. The van der Waals surface area contributed by atoms with E-state index >= 15 is 0 Å². The fourth-order valence-corrected chi connectivity index (χ4v) is 2.81. The van der Waals surface area contributed by atoms with Gasteiger partial charge < -0.3 is 9.47 Å². The molecule has 0 bridgehead atoms. The number of hydrogen-bond donors (Lipinski definition) is 0. The van der Waals surface area contributed by atoms with Gasteiger partial charge in [-0.15, -0.1) is 0 Å². The first-order valence-electron chi connectivity index (χ1n) is 6.20. The Morgan fingerprint density at radius 3 is 2.89 bits per heavy atom. The first-order chi connectivity index (χ1) is 8.65. The van der Waals surface area contributed by atoms with Crippen LogP contribution in [0.3, 0.4) is 0 Å². The molecule has 4 heteroatoms. The number of benzene rings is 1. The molecule has 1 aromatic heterocycles. The number of rotatable bonds is 1. The summed E-state index contributed by atoms with van der Waals surface area (Å²) in [6.45, 7) is 3.24. The van der Waals surface area contributed by atoms with Crippen molar-refractivity contribution in [2.45, 2.75) is 19.9 Å². The Bertz CT molecular complexity index is 645. The summed E-state index contributed by atoms with van der Waals surface area (Å²) < 4.78 is 15.8. The van der Waals surface area contributed by atoms with E-state index in [0.29, 0.717) is 24.3 Å². The normalized spacial score (nSPS) is 15.3. The molecule has 0 saturated carbocycles. The quantitative estimate of drug-likeness (QED) is 0.758. The lowest BCUT2D eigenvalue weighted by atomic mass is 10.0. The zero-order valence-corrected chi connectivity index (χ0v) is 10.5. The minimum Gasteiger partial charge on any atom is -0.340 e. The molecule has 3 rings (SSSR count). The third-order valence-corrected chi connectivity index (χ3v) is 3.70. The van der Waals surface area contributed by atoms with Crippen molar-refractivity contribution in [2.75, 3.05) is 13.6 Å². The predicted octanol–water partition coefficient (Wildman–Crippen LogP) is 2.43. The van der Waals surface area contributed by atoms with Gasteiger partial charge in [-0.1, -0.05) is 12.1 Å². The summed E-state index contributed by atoms with van der Waals surface area (Å²) in [5, 5.41) is 0.883. The second kappa shape index (κ2) is 3.83. The van der Waals surface area contributed by atoms with E-state index in [4.69, 9.17) is 0 Å². The third-order valence-electron chi connectivity index (χ3n) is 3.70. The lowest BCUT2D eigenvalue weighted by Gasteiger charge is -2.24. The van der Waals surface area contributed by atoms with Gasteiger partial charge in [-0.25, -0.2) is 4.39 Å². The van der Waals surface area contributed by atoms with Crippen LogP contribution in [0.5, 0.6) is 0 Å². The van der Waals surface area contributed by atoms with Crippen molar-refractivity contribution in [3.63, 3.8) is 0 Å². The number of nitrogens with zero attached hydrogens (tertiary/aromatic N) is 2. The van der Waals surface area contributed by atoms with Gasteiger partial charge in [-0.2, -0.15) is 0 Å². The molecule has 0 atom stereocenters. The summed E-state index contributed by atoms with van der Waals surface area (Å²) in [7, 11) is 1.79. The zero-order chi connectivity index (χ0) is 12.9. The number of halogens is 1. The van der Waals surface area contributed by atoms with E-state index in [1.165, 1.54) is 6.07 Å². The van der Waals surface area contributed by atoms with Gasteiger partial charge in [0.05, 0.1) is 5.52 Å². The Labute approximate surface area is 105 Å². The van der Waals surface area contributed by atoms with Crippen LogP contribution in [0.15, 0.2) is 18.2 Å². The number of para-hydroxylation sites is 1. The van der Waals surface area contributed by atoms with Crippen molar-refractivity contribution in [3.05, 3.63) is 35.3 Å². The maximum atomic E-state index is 14.0. The van der Waals surface area contributed by atoms with Crippen LogP contribution in [0, 0.1) is 5.82 Å². The number of amides is 1. The van der Waals surface area contributed by atoms with Crippen molar-refractivity contribution >= 4 is 16.8 Å². The Balaban J connectivity index is 2.43. The van der Waals surface area contributed by atoms with Crippen molar-refractivity contribution in [3.8, 4) is 0 Å². The van der Waals surface area contributed by atoms with Crippen LogP contribution in [0.4, 0.5) is 4.39 Å². The molecule has 1 amide bonds. The SMILES string of the molecule is CCn1c2c(c3cccc(F)c31)CCN(C)C2=O. The van der Waals surface area contributed by atoms with Gasteiger partial charge in [-0.05, 0) is 25.0 Å². The minimum atomic E-state index is -0.251. The molecule has 1 aromatic carbocycles. The van der Waals surface area contributed by atoms with Gasteiger partial charge in [-0.3, -0.25) is 4.79 Å². The summed E-state index contributed by atoms with van der Waals surface area (Å²) in [4.78, 5) is 14.0. The zero-order valence-electron chi connectivity index (χ0n) is 10.5. The van der Waals surface area contributed by atoms with E-state index in [0.717, 1.165) is 17.4 Å². The molecule has 0 radical (unpaired) electrons. The smallest absolute Gasteiger partial charge is 0.270 e. The second-order valence-electron chi connectivity index (χ2n) is 4.68. The molecule has 2 heterocycles. The van der Waals surface area contributed by atoms with E-state index in [1.807, 2.05) is 13.0 Å². The van der Waals surface area contributed by atoms with Gasteiger partial charge in [0.1, 0.15) is 11.5 Å². The van der Waals surface area contributed by atoms with Crippen molar-refractivity contribution < 1.29 is 9.18 Å². The molecular weight excluding hydrogens is 231 g/mol. The largest absolute Gasteiger partial charge is 0.340 e. The molecule has 1 aliphatic heterocycles. The highest BCUT2D eigenvalue weighted by Crippen LogP contribution is 2.31. The number of fused-ring (bicyclic) bond motifs is 3. The molecule has 1 aliphatic rings. The van der Waals surface area contributed by atoms with Gasteiger partial charge in [0.2, 0.25) is 0 Å². The first kappa shape index (κ1) is 11.3. The third kappa shape index (κ3) is 1.32. The van der Waals surface area contributed by atoms with Crippen LogP contribution in [-0.2, 0) is 13.0 Å². The van der Waals surface area contributed by atoms with E-state index in [9.17, 15) is 9.18 Å². The Kier molecular flexibility index (Phi) is 2.40. The van der Waals surface area contributed by atoms with Crippen molar-refractivity contribution in [1.29, 1.82) is 0 Å². The van der Waals surface area contributed by atoms with Crippen LogP contribution in [0.1, 0.15) is 23.0 Å². The van der Waals surface area contributed by atoms with E-state index in [1.54, 1.807) is 22.6 Å². The molecule has 94 valence electrons. The van der Waals surface area contributed by atoms with Crippen LogP contribution < -0.4 is 0 Å². The second-order valence-corrected chi connectivity index (χ2v) is 4.68. The molecule has 0 aliphatic carbocycles. The fraction of sp³-hybridized carbons (Fsp3) is 0.357. The number of hydrogen-bond acceptors (Lipinski definition) is 1. The monoisotopic (exact) mass is 246 g/mol. The average Bonchev–Trinajstić information content (AvgIpc) is 2.70. The summed E-state index contributed by atoms with van der Waals surface area (Å²) in [5.74, 6) is -0.257. The molecule has 0 fully saturated rings. The first-order valence-corrected chi connectivity index (χ1v) is 6.20. The van der Waals surface area contributed by atoms with Crippen LogP contribution in [0.25, 0.3) is 10.9 Å². The Morgan fingerprint density at radius 2 is 2.17 bits per heavy atom. The maximum absolute atomic E-state index is 14.0. The number of carbonyl (C=O) groups excluding carboxylic acids is 1. The minimum absolute atomic E-state index is 0.00583. The number of carbonyl (C=O) groups is 1. The van der Waals surface area contributed by atoms with Gasteiger partial charge in [0, 0.05) is 25.5 Å². The standard InChI is InChI=1S/C14H15FN2O/c1-3-17-12-9(5-4-6-11(12)15)10-7-8-16(2)14(18)13(10)17/h4-6H,3,7-8H2,1-2H3. The van der Waals surface area contributed by atoms with Gasteiger partial charge >= 0.3 is 0 Å². The Morgan fingerprint density at radius 1 is 1.39 bits per heavy atom. The highest BCUT2D eigenvalue weighted by atomic mass is 19.1. The molecule has 2 aromatic rings. The van der Waals surface area contributed by atoms with Crippen LogP contribution in [-0.4, -0.2) is 29.0 Å². The van der Waals surface area contributed by atoms with Gasteiger partial charge in [0.15, 0.2) is 0 Å². The van der Waals surface area contributed by atoms with Crippen molar-refractivity contribution in [1.82, 2.24) is 9.47 Å². The van der Waals surface area contributed by atoms with E-state index in [2.05, 4.69) is 0 Å². The summed E-state index contributed by atoms with van der Waals surface area (Å²) in [6.07, 6.45) is 0.796. The molecule has 0 N–H and O–H groups in total. The summed E-state index contributed by atoms with van der Waals surface area (Å²) >= 11 is 0. The molecule has 0 unspecified atom stereocenters. The molecule has 0 spiro atoms. The highest BCUT2D eigenvalue weighted by molar-refractivity contribution is 6.02. The van der Waals surface area contributed by atoms with Crippen LogP contribution >= 0.6 is 0 Å². The maximum Gasteiger partial charge on any atom is 0.270 e. The topological polar surface area (TPSA) is 25.2 Å². The van der Waals surface area contributed by atoms with E-state index < -0.39 is 0 Å². The predicted molar refractivity (Wildman–Crippen MR) is 68.2 cm³/mol. The lowest BCUT2D eigenvalue weighted by Crippen LogP contribution is -2.35. The van der Waals surface area contributed by atoms with Crippen LogP contribution in [0.2, 0.25) is 0 Å². The Hall–Kier alpha value is -1.84. The fourth-order valence-electron chi connectivity index (χ4n) is 2.81. The van der Waals surface area contributed by atoms with Crippen molar-refractivity contribution in [2.24, 2.45) is 0 Å². The number of aromatic nitrogens is 1. The average molecular weight is 246 g/mol. The summed E-state index contributed by atoms with van der Waals surface area (Å²) in [5.41, 5.74) is 2.22. The molecule has 3 nitrogen and oxygen atoms in total. The van der Waals surface area contributed by atoms with E-state index in [-0.39, 0.29) is 11.7 Å². The molecular formula is C14H15FN2O. The summed E-state index contributed by atoms with van der Waals surface area (Å²) in [6, 6.07) is 5.07. The molecule has 0 saturated heterocycles. The van der Waals surface area contributed by atoms with Gasteiger partial charge in [0.25, 0.3) is 5.91 Å². The number of likely N-dealkylation sites (N-methyl/N-ethyl adjacent to an activating group) is 1. The molecule has 18 heavy (non-hydrogen) atoms. The lowest BCUT2D eigenvalue weighted by molar-refractivity contribution is 0.0770. The highest BCUT2D eigenvalue weighted by Gasteiger charge is 2.29.